The SMILES string of the molecule is Oc1c[n+](-c2cccc(-c3ccc(Br)cc3)c2)ccc1-c1cc[n+](-c2cc(-c3ccc(Br)cc3)ccc2O)cc1. The number of benzene rings is 4. The maximum atomic E-state index is 11.0. The summed E-state index contributed by atoms with van der Waals surface area (Å²) in [4.78, 5) is 0. The Bertz CT molecular complexity index is 1820. The van der Waals surface area contributed by atoms with E-state index in [1.807, 2.05) is 107 Å². The first-order chi connectivity index (χ1) is 19.4. The number of phenols is 1. The molecule has 4 aromatic carbocycles. The molecule has 0 amide bonds. The molecular weight excluding hydrogens is 628 g/mol. The summed E-state index contributed by atoms with van der Waals surface area (Å²) in [6.07, 6.45) is 7.45. The number of aromatic hydroxyl groups is 2. The monoisotopic (exact) mass is 650 g/mol. The highest BCUT2D eigenvalue weighted by atomic mass is 79.9. The molecule has 0 radical (unpaired) electrons. The molecule has 0 aliphatic carbocycles. The molecule has 0 saturated carbocycles. The molecule has 0 saturated heterocycles. The average Bonchev–Trinajstić information content (AvgIpc) is 2.98. The van der Waals surface area contributed by atoms with Gasteiger partial charge in [-0.25, -0.2) is 0 Å². The predicted molar refractivity (Wildman–Crippen MR) is 165 cm³/mol. The molecule has 0 bridgehead atoms. The number of aromatic nitrogens is 2. The van der Waals surface area contributed by atoms with Gasteiger partial charge in [0.05, 0.1) is 0 Å². The van der Waals surface area contributed by atoms with Crippen LogP contribution in [0.2, 0.25) is 0 Å². The van der Waals surface area contributed by atoms with Crippen molar-refractivity contribution in [3.05, 3.63) is 143 Å². The molecule has 194 valence electrons. The van der Waals surface area contributed by atoms with Crippen molar-refractivity contribution in [1.29, 1.82) is 0 Å². The highest BCUT2D eigenvalue weighted by Gasteiger charge is 2.17. The summed E-state index contributed by atoms with van der Waals surface area (Å²) >= 11 is 6.97. The van der Waals surface area contributed by atoms with Gasteiger partial charge in [-0.05, 0) is 58.1 Å². The smallest absolute Gasteiger partial charge is 0.253 e. The molecule has 2 N–H and O–H groups in total. The third kappa shape index (κ3) is 5.41. The lowest BCUT2D eigenvalue weighted by Crippen LogP contribution is -2.30. The molecule has 6 aromatic rings. The normalized spacial score (nSPS) is 10.9. The molecule has 40 heavy (non-hydrogen) atoms. The predicted octanol–water partition coefficient (Wildman–Crippen LogP) is 8.18. The van der Waals surface area contributed by atoms with Crippen LogP contribution in [0, 0.1) is 0 Å². The van der Waals surface area contributed by atoms with Crippen LogP contribution in [0.25, 0.3) is 44.8 Å². The number of nitrogens with zero attached hydrogens (tertiary/aromatic N) is 2. The van der Waals surface area contributed by atoms with Gasteiger partial charge >= 0.3 is 0 Å². The van der Waals surface area contributed by atoms with E-state index in [4.69, 9.17) is 0 Å². The minimum atomic E-state index is 0.175. The molecule has 4 nitrogen and oxygen atoms in total. The van der Waals surface area contributed by atoms with Crippen LogP contribution in [0.4, 0.5) is 0 Å². The zero-order chi connectivity index (χ0) is 27.6. The van der Waals surface area contributed by atoms with Crippen LogP contribution in [-0.2, 0) is 0 Å². The van der Waals surface area contributed by atoms with Crippen LogP contribution >= 0.6 is 31.9 Å². The maximum Gasteiger partial charge on any atom is 0.253 e. The van der Waals surface area contributed by atoms with Crippen LogP contribution in [0.15, 0.2) is 143 Å². The molecule has 0 aliphatic rings. The summed E-state index contributed by atoms with van der Waals surface area (Å²) in [6, 6.07) is 35.8. The van der Waals surface area contributed by atoms with Crippen LogP contribution in [0.5, 0.6) is 11.5 Å². The van der Waals surface area contributed by atoms with Crippen molar-refractivity contribution in [1.82, 2.24) is 0 Å². The fraction of sp³-hybridized carbons (Fsp3) is 0. The Hall–Kier alpha value is -4.26. The summed E-state index contributed by atoms with van der Waals surface area (Å²) in [6.45, 7) is 0. The first kappa shape index (κ1) is 26.0. The number of hydrogen-bond donors (Lipinski definition) is 2. The van der Waals surface area contributed by atoms with E-state index >= 15 is 0 Å². The molecule has 2 heterocycles. The number of pyridine rings is 2. The fourth-order valence-electron chi connectivity index (χ4n) is 4.70. The number of halogens is 2. The number of hydrogen-bond acceptors (Lipinski definition) is 2. The standard InChI is InChI=1S/C34H22Br2N2O2/c35-28-9-4-23(5-10-28)26-2-1-3-30(20-26)38-19-16-31(34(40)22-38)25-14-17-37(18-15-25)32-21-27(8-13-33(32)39)24-6-11-29(36)12-7-24/h1-22H/p+2. The van der Waals surface area contributed by atoms with Crippen LogP contribution in [0.1, 0.15) is 0 Å². The largest absolute Gasteiger partial charge is 0.502 e. The summed E-state index contributed by atoms with van der Waals surface area (Å²) in [5.41, 5.74) is 7.51. The summed E-state index contributed by atoms with van der Waals surface area (Å²) in [5.74, 6) is 0.363. The summed E-state index contributed by atoms with van der Waals surface area (Å²) in [5, 5.41) is 21.5. The van der Waals surface area contributed by atoms with Gasteiger partial charge in [0.2, 0.25) is 11.9 Å². The van der Waals surface area contributed by atoms with Gasteiger partial charge in [-0.1, -0.05) is 74.3 Å². The Morgan fingerprint density at radius 2 is 1.05 bits per heavy atom. The van der Waals surface area contributed by atoms with Crippen LogP contribution in [-0.4, -0.2) is 10.2 Å². The lowest BCUT2D eigenvalue weighted by molar-refractivity contribution is -0.596. The van der Waals surface area contributed by atoms with Crippen LogP contribution in [0.3, 0.4) is 0 Å². The molecule has 6 rings (SSSR count). The molecule has 0 fully saturated rings. The molecule has 0 spiro atoms. The van der Waals surface area contributed by atoms with Gasteiger partial charge in [-0.2, -0.15) is 9.13 Å². The number of rotatable bonds is 5. The van der Waals surface area contributed by atoms with Crippen molar-refractivity contribution in [2.45, 2.75) is 0 Å². The van der Waals surface area contributed by atoms with Gasteiger partial charge in [0.15, 0.2) is 30.1 Å². The Labute approximate surface area is 249 Å². The quantitative estimate of drug-likeness (QED) is 0.185. The Morgan fingerprint density at radius 3 is 1.68 bits per heavy atom. The maximum absolute atomic E-state index is 11.0. The van der Waals surface area contributed by atoms with Gasteiger partial charge in [0.1, 0.15) is 0 Å². The van der Waals surface area contributed by atoms with E-state index in [1.165, 1.54) is 0 Å². The second-order valence-corrected chi connectivity index (χ2v) is 11.2. The number of phenolic OH excluding ortho intramolecular Hbond substituents is 1. The van der Waals surface area contributed by atoms with E-state index in [2.05, 4.69) is 56.1 Å². The highest BCUT2D eigenvalue weighted by molar-refractivity contribution is 9.10. The molecule has 0 atom stereocenters. The topological polar surface area (TPSA) is 48.2 Å². The van der Waals surface area contributed by atoms with Gasteiger partial charge in [-0.3, -0.25) is 0 Å². The third-order valence-corrected chi connectivity index (χ3v) is 7.89. The lowest BCUT2D eigenvalue weighted by atomic mass is 10.0. The van der Waals surface area contributed by atoms with Gasteiger partial charge in [0.25, 0.3) is 5.69 Å². The summed E-state index contributed by atoms with van der Waals surface area (Å²) in [7, 11) is 0. The van der Waals surface area contributed by atoms with Gasteiger partial charge in [-0.15, -0.1) is 0 Å². The third-order valence-electron chi connectivity index (χ3n) is 6.83. The zero-order valence-corrected chi connectivity index (χ0v) is 24.4. The van der Waals surface area contributed by atoms with Gasteiger partial charge < -0.3 is 10.2 Å². The average molecular weight is 652 g/mol. The van der Waals surface area contributed by atoms with Crippen molar-refractivity contribution in [2.75, 3.05) is 0 Å². The molecule has 2 aromatic heterocycles. The fourth-order valence-corrected chi connectivity index (χ4v) is 5.23. The summed E-state index contributed by atoms with van der Waals surface area (Å²) < 4.78 is 5.84. The molecule has 0 aliphatic heterocycles. The second-order valence-electron chi connectivity index (χ2n) is 9.41. The Morgan fingerprint density at radius 1 is 0.475 bits per heavy atom. The van der Waals surface area contributed by atoms with Crippen LogP contribution < -0.4 is 9.13 Å². The highest BCUT2D eigenvalue weighted by Crippen LogP contribution is 2.30. The molecule has 6 heteroatoms. The molecule has 0 unspecified atom stereocenters. The first-order valence-corrected chi connectivity index (χ1v) is 14.2. The lowest BCUT2D eigenvalue weighted by Gasteiger charge is -2.07. The minimum absolute atomic E-state index is 0.175. The van der Waals surface area contributed by atoms with Crippen molar-refractivity contribution < 1.29 is 19.3 Å². The van der Waals surface area contributed by atoms with Gasteiger partial charge in [0, 0.05) is 50.9 Å². The van der Waals surface area contributed by atoms with Crippen molar-refractivity contribution in [3.63, 3.8) is 0 Å². The molecular formula is C34H24Br2N2O2+2. The second kappa shape index (κ2) is 11.1. The Kier molecular flexibility index (Phi) is 7.20. The first-order valence-electron chi connectivity index (χ1n) is 12.7. The Balaban J connectivity index is 1.27. The van der Waals surface area contributed by atoms with E-state index in [0.29, 0.717) is 5.69 Å². The van der Waals surface area contributed by atoms with Crippen molar-refractivity contribution in [3.8, 4) is 56.3 Å². The van der Waals surface area contributed by atoms with E-state index in [9.17, 15) is 10.2 Å². The minimum Gasteiger partial charge on any atom is -0.502 e. The van der Waals surface area contributed by atoms with E-state index in [-0.39, 0.29) is 11.5 Å². The van der Waals surface area contributed by atoms with E-state index in [0.717, 1.165) is 48.0 Å². The van der Waals surface area contributed by atoms with E-state index < -0.39 is 0 Å². The zero-order valence-electron chi connectivity index (χ0n) is 21.2. The van der Waals surface area contributed by atoms with Crippen molar-refractivity contribution in [2.24, 2.45) is 0 Å². The van der Waals surface area contributed by atoms with E-state index in [1.54, 1.807) is 12.3 Å². The van der Waals surface area contributed by atoms with Crippen molar-refractivity contribution >= 4 is 31.9 Å².